The Hall–Kier alpha value is -8.82. The van der Waals surface area contributed by atoms with E-state index in [4.69, 9.17) is 5.73 Å². The first-order valence-electron chi connectivity index (χ1n) is 24.5. The summed E-state index contributed by atoms with van der Waals surface area (Å²) in [5.74, 6) is -1.65. The van der Waals surface area contributed by atoms with Gasteiger partial charge in [0, 0.05) is 80.4 Å². The highest BCUT2D eigenvalue weighted by molar-refractivity contribution is 6.40. The molecule has 2 aliphatic rings. The Morgan fingerprint density at radius 3 is 1.41 bits per heavy atom. The molecule has 0 spiro atoms. The van der Waals surface area contributed by atoms with Crippen LogP contribution in [0.3, 0.4) is 0 Å². The molecule has 7 aromatic carbocycles. The fraction of sp³-hybridized carbons (Fsp3) is 0.156. The van der Waals surface area contributed by atoms with Crippen molar-refractivity contribution < 1.29 is 19.5 Å². The zero-order chi connectivity index (χ0) is 52.0. The van der Waals surface area contributed by atoms with Gasteiger partial charge in [-0.2, -0.15) is 4.58 Å². The topological polar surface area (TPSA) is 128 Å². The first-order chi connectivity index (χ1) is 34.9. The van der Waals surface area contributed by atoms with Crippen molar-refractivity contribution in [3.63, 3.8) is 0 Å². The molecule has 0 aliphatic heterocycles. The second-order valence-electron chi connectivity index (χ2n) is 19.6. The van der Waals surface area contributed by atoms with Gasteiger partial charge in [-0.05, 0) is 147 Å². The Bertz CT molecular complexity index is 3520. The molecule has 0 unspecified atom stereocenters. The minimum absolute atomic E-state index is 0.00295. The van der Waals surface area contributed by atoms with E-state index in [2.05, 4.69) is 134 Å². The summed E-state index contributed by atoms with van der Waals surface area (Å²) in [6, 6.07) is 45.0. The highest BCUT2D eigenvalue weighted by Crippen LogP contribution is 2.46. The number of aliphatic hydroxyl groups excluding tert-OH is 1. The van der Waals surface area contributed by atoms with E-state index in [0.717, 1.165) is 84.1 Å². The van der Waals surface area contributed by atoms with Gasteiger partial charge in [0.05, 0.1) is 22.5 Å². The van der Waals surface area contributed by atoms with Gasteiger partial charge in [-0.3, -0.25) is 14.4 Å². The van der Waals surface area contributed by atoms with Crippen molar-refractivity contribution in [2.45, 2.75) is 69.2 Å². The summed E-state index contributed by atoms with van der Waals surface area (Å²) >= 11 is 0. The summed E-state index contributed by atoms with van der Waals surface area (Å²) in [6.07, 6.45) is 3.58. The average Bonchev–Trinajstić information content (AvgIpc) is 3.33. The van der Waals surface area contributed by atoms with E-state index in [9.17, 15) is 14.7 Å². The zero-order valence-electron chi connectivity index (χ0n) is 43.1. The predicted octanol–water partition coefficient (Wildman–Crippen LogP) is 13.8. The molecule has 364 valence electrons. The number of aryl methyl sites for hydroxylation is 10. The number of carbonyl (C=O) groups is 3. The van der Waals surface area contributed by atoms with Crippen LogP contribution in [0, 0.1) is 69.2 Å². The molecule has 9 heteroatoms. The van der Waals surface area contributed by atoms with Gasteiger partial charge in [0.2, 0.25) is 22.9 Å². The molecule has 2 aliphatic carbocycles. The molecular formula is C64H60N5O4+. The number of hydrogen-bond donors (Lipinski definition) is 4. The standard InChI is InChI=1S/C64H59N5O4/c1-36-11-19-46(20-12-36)63(72)66-52-34-48(68(54-25-15-38(3)29-42(54)7)55-26-16-39(4)30-43(55)8)23-24-50(52)58-61(70)60(62(58)71)59-51(65)33-49(35-53(59)67-64(73)47-21-13-37(2)14-22-47)69(56-27-17-40(5)31-44(56)9)57-28-18-41(6)32-45(57)10/h11-35H,1-10H3,(H4,65,66,67,70,71,72,73)/p+1. The van der Waals surface area contributed by atoms with Crippen LogP contribution in [0.15, 0.2) is 180 Å². The maximum absolute atomic E-state index is 15.1. The van der Waals surface area contributed by atoms with Gasteiger partial charge in [-0.1, -0.05) is 94.0 Å². The van der Waals surface area contributed by atoms with Crippen molar-refractivity contribution >= 4 is 63.0 Å². The maximum Gasteiger partial charge on any atom is 0.255 e. The van der Waals surface area contributed by atoms with Crippen LogP contribution in [-0.2, 0) is 4.79 Å². The molecule has 0 aromatic heterocycles. The van der Waals surface area contributed by atoms with Crippen LogP contribution in [0.5, 0.6) is 0 Å². The van der Waals surface area contributed by atoms with Crippen molar-refractivity contribution in [1.82, 2.24) is 9.89 Å². The van der Waals surface area contributed by atoms with Gasteiger partial charge < -0.3 is 26.4 Å². The van der Waals surface area contributed by atoms with E-state index in [1.807, 2.05) is 64.1 Å². The molecule has 0 radical (unpaired) electrons. The molecule has 0 bridgehead atoms. The number of Topliss-reactive ketones (excluding diaryl/α,β-unsaturated/α-hetero) is 1. The first kappa shape index (κ1) is 49.2. The molecule has 9 rings (SSSR count). The zero-order valence-corrected chi connectivity index (χ0v) is 43.1. The third-order valence-electron chi connectivity index (χ3n) is 13.6. The summed E-state index contributed by atoms with van der Waals surface area (Å²) < 4.78 is 2.10. The Labute approximate surface area is 428 Å². The third kappa shape index (κ3) is 9.69. The van der Waals surface area contributed by atoms with Crippen molar-refractivity contribution in [2.75, 3.05) is 10.2 Å². The minimum atomic E-state index is -0.511. The van der Waals surface area contributed by atoms with Gasteiger partial charge in [-0.15, -0.1) is 0 Å². The monoisotopic (exact) mass is 962 g/mol. The number of nitrogens with one attached hydrogen (secondary N) is 2. The summed E-state index contributed by atoms with van der Waals surface area (Å²) in [5, 5.41) is 18.6. The first-order valence-corrected chi connectivity index (χ1v) is 24.5. The average molecular weight is 963 g/mol. The van der Waals surface area contributed by atoms with Gasteiger partial charge in [0.1, 0.15) is 5.76 Å². The third-order valence-corrected chi connectivity index (χ3v) is 13.6. The SMILES string of the molecule is Cc1ccc(C(=O)NC2=CC(=[N+](c3ccc(C)cc3C)c3ccc(C)cc3C)C=C(N)C2=C2C(=O)C(c3ccc(N(c4ccc(C)cc4C)c4ccc(C)cc4C)cc3NC(=O)c3ccc(C)cc3)=C2O)cc1. The van der Waals surface area contributed by atoms with Crippen LogP contribution < -0.4 is 25.8 Å². The molecule has 0 atom stereocenters. The van der Waals surface area contributed by atoms with Crippen LogP contribution in [-0.4, -0.2) is 28.4 Å². The lowest BCUT2D eigenvalue weighted by atomic mass is 9.78. The van der Waals surface area contributed by atoms with E-state index >= 15 is 4.79 Å². The van der Waals surface area contributed by atoms with Crippen LogP contribution in [0.25, 0.3) is 5.57 Å². The van der Waals surface area contributed by atoms with Gasteiger partial charge >= 0.3 is 0 Å². The van der Waals surface area contributed by atoms with Crippen molar-refractivity contribution in [1.29, 1.82) is 0 Å². The Balaban J connectivity index is 1.25. The summed E-state index contributed by atoms with van der Waals surface area (Å²) in [4.78, 5) is 45.7. The van der Waals surface area contributed by atoms with Crippen LogP contribution in [0.4, 0.5) is 34.1 Å². The summed E-state index contributed by atoms with van der Waals surface area (Å²) in [6.45, 7) is 20.4. The number of aliphatic hydroxyl groups is 1. The number of ketones is 1. The fourth-order valence-electron chi connectivity index (χ4n) is 9.87. The van der Waals surface area contributed by atoms with Gasteiger partial charge in [-0.25, -0.2) is 0 Å². The number of hydrogen-bond acceptors (Lipinski definition) is 6. The lowest BCUT2D eigenvalue weighted by Gasteiger charge is -2.31. The Morgan fingerprint density at radius 2 is 0.945 bits per heavy atom. The molecular weight excluding hydrogens is 903 g/mol. The summed E-state index contributed by atoms with van der Waals surface area (Å²) in [5.41, 5.74) is 24.7. The predicted molar refractivity (Wildman–Crippen MR) is 298 cm³/mol. The number of amides is 2. The number of anilines is 4. The second-order valence-corrected chi connectivity index (χ2v) is 19.6. The van der Waals surface area contributed by atoms with Crippen molar-refractivity contribution in [2.24, 2.45) is 5.73 Å². The molecule has 5 N–H and O–H groups in total. The molecule has 9 nitrogen and oxygen atoms in total. The lowest BCUT2D eigenvalue weighted by Crippen LogP contribution is -2.34. The summed E-state index contributed by atoms with van der Waals surface area (Å²) in [7, 11) is 0. The minimum Gasteiger partial charge on any atom is -0.506 e. The van der Waals surface area contributed by atoms with Crippen LogP contribution in [0.1, 0.15) is 81.9 Å². The smallest absolute Gasteiger partial charge is 0.255 e. The largest absolute Gasteiger partial charge is 0.506 e. The van der Waals surface area contributed by atoms with E-state index < -0.39 is 17.6 Å². The fourth-order valence-corrected chi connectivity index (χ4v) is 9.87. The molecule has 2 amide bonds. The number of carbonyl (C=O) groups excluding carboxylic acids is 3. The van der Waals surface area contributed by atoms with Gasteiger partial charge in [0.25, 0.3) is 11.8 Å². The van der Waals surface area contributed by atoms with E-state index in [1.165, 1.54) is 0 Å². The number of benzene rings is 7. The highest BCUT2D eigenvalue weighted by atomic mass is 16.3. The normalized spacial score (nSPS) is 14.3. The van der Waals surface area contributed by atoms with E-state index in [-0.39, 0.29) is 33.9 Å². The van der Waals surface area contributed by atoms with Crippen molar-refractivity contribution in [3.8, 4) is 0 Å². The van der Waals surface area contributed by atoms with Crippen LogP contribution >= 0.6 is 0 Å². The maximum atomic E-state index is 15.1. The number of rotatable bonds is 10. The molecule has 7 aromatic rings. The van der Waals surface area contributed by atoms with Crippen molar-refractivity contribution in [3.05, 3.63) is 252 Å². The number of allylic oxidation sites excluding steroid dienone is 4. The molecule has 0 saturated heterocycles. The number of nitrogens with two attached hydrogens (primary N) is 1. The van der Waals surface area contributed by atoms with Gasteiger partial charge in [0.15, 0.2) is 0 Å². The number of nitrogens with zero attached hydrogens (tertiary/aromatic N) is 2. The Morgan fingerprint density at radius 1 is 0.493 bits per heavy atom. The lowest BCUT2D eigenvalue weighted by molar-refractivity contribution is -0.111. The molecule has 0 saturated carbocycles. The molecule has 0 heterocycles. The van der Waals surface area contributed by atoms with E-state index in [0.29, 0.717) is 28.1 Å². The molecule has 73 heavy (non-hydrogen) atoms. The molecule has 0 fully saturated rings. The second kappa shape index (κ2) is 19.8. The van der Waals surface area contributed by atoms with Crippen LogP contribution in [0.2, 0.25) is 0 Å². The Kier molecular flexibility index (Phi) is 13.3. The quantitative estimate of drug-likeness (QED) is 0.0799. The van der Waals surface area contributed by atoms with E-state index in [1.54, 1.807) is 42.5 Å². The highest BCUT2D eigenvalue weighted by Gasteiger charge is 2.42.